The fourth-order valence-corrected chi connectivity index (χ4v) is 5.74. The van der Waals surface area contributed by atoms with Crippen molar-refractivity contribution < 1.29 is 19.1 Å². The van der Waals surface area contributed by atoms with E-state index >= 15 is 0 Å². The number of nitrogens with zero attached hydrogens (tertiary/aromatic N) is 1. The SMILES string of the molecule is CCN1C2=C(C(=O)CCC2)C(c2ccccc2OCC(=O)Nc2ccc(C)cc2)C2=C1CCCC2=O. The first-order valence-electron chi connectivity index (χ1n) is 12.9. The van der Waals surface area contributed by atoms with Gasteiger partial charge in [-0.2, -0.15) is 0 Å². The Morgan fingerprint density at radius 1 is 0.917 bits per heavy atom. The third-order valence-electron chi connectivity index (χ3n) is 7.33. The molecule has 0 saturated heterocycles. The smallest absolute Gasteiger partial charge is 0.262 e. The molecule has 0 unspecified atom stereocenters. The van der Waals surface area contributed by atoms with Crippen LogP contribution in [0.2, 0.25) is 0 Å². The molecule has 1 heterocycles. The lowest BCUT2D eigenvalue weighted by molar-refractivity contribution is -0.119. The first-order valence-corrected chi connectivity index (χ1v) is 12.9. The average molecular weight is 485 g/mol. The third kappa shape index (κ3) is 4.48. The molecule has 0 saturated carbocycles. The van der Waals surface area contributed by atoms with Crippen LogP contribution in [-0.2, 0) is 14.4 Å². The number of carbonyl (C=O) groups is 3. The van der Waals surface area contributed by atoms with E-state index in [1.165, 1.54) is 0 Å². The van der Waals surface area contributed by atoms with Crippen molar-refractivity contribution in [2.45, 2.75) is 58.3 Å². The van der Waals surface area contributed by atoms with E-state index in [2.05, 4.69) is 17.1 Å². The van der Waals surface area contributed by atoms with Crippen LogP contribution >= 0.6 is 0 Å². The summed E-state index contributed by atoms with van der Waals surface area (Å²) in [4.78, 5) is 41.5. The second-order valence-electron chi connectivity index (χ2n) is 9.69. The van der Waals surface area contributed by atoms with E-state index in [9.17, 15) is 14.4 Å². The molecule has 3 aliphatic rings. The molecule has 6 nitrogen and oxygen atoms in total. The van der Waals surface area contributed by atoms with Gasteiger partial charge in [0.1, 0.15) is 5.75 Å². The summed E-state index contributed by atoms with van der Waals surface area (Å²) < 4.78 is 6.04. The van der Waals surface area contributed by atoms with Gasteiger partial charge in [0, 0.05) is 59.1 Å². The molecule has 1 N–H and O–H groups in total. The van der Waals surface area contributed by atoms with Crippen molar-refractivity contribution in [2.75, 3.05) is 18.5 Å². The van der Waals surface area contributed by atoms with Gasteiger partial charge in [-0.15, -0.1) is 0 Å². The Morgan fingerprint density at radius 2 is 1.53 bits per heavy atom. The summed E-state index contributed by atoms with van der Waals surface area (Å²) in [5.41, 5.74) is 6.18. The van der Waals surface area contributed by atoms with Crippen LogP contribution in [0.5, 0.6) is 5.75 Å². The minimum absolute atomic E-state index is 0.108. The summed E-state index contributed by atoms with van der Waals surface area (Å²) in [7, 11) is 0. The molecular formula is C30H32N2O4. The topological polar surface area (TPSA) is 75.7 Å². The number of hydrogen-bond donors (Lipinski definition) is 1. The lowest BCUT2D eigenvalue weighted by Gasteiger charge is -2.43. The molecule has 0 atom stereocenters. The van der Waals surface area contributed by atoms with E-state index in [1.54, 1.807) is 0 Å². The zero-order chi connectivity index (χ0) is 25.2. The van der Waals surface area contributed by atoms with E-state index < -0.39 is 5.92 Å². The van der Waals surface area contributed by atoms with Gasteiger partial charge < -0.3 is 15.0 Å². The number of aryl methyl sites for hydroxylation is 1. The summed E-state index contributed by atoms with van der Waals surface area (Å²) in [5.74, 6) is 0.0292. The molecular weight excluding hydrogens is 452 g/mol. The quantitative estimate of drug-likeness (QED) is 0.590. The van der Waals surface area contributed by atoms with Crippen molar-refractivity contribution in [3.8, 4) is 5.75 Å². The largest absolute Gasteiger partial charge is 0.483 e. The maximum atomic E-state index is 13.3. The summed E-state index contributed by atoms with van der Waals surface area (Å²) in [6.07, 6.45) is 4.30. The number of Topliss-reactive ketones (excluding diaryl/α,β-unsaturated/α-hetero) is 2. The highest BCUT2D eigenvalue weighted by Gasteiger charge is 2.43. The molecule has 2 aromatic carbocycles. The van der Waals surface area contributed by atoms with Gasteiger partial charge >= 0.3 is 0 Å². The lowest BCUT2D eigenvalue weighted by Crippen LogP contribution is -2.39. The van der Waals surface area contributed by atoms with Gasteiger partial charge in [-0.25, -0.2) is 0 Å². The average Bonchev–Trinajstić information content (AvgIpc) is 2.88. The van der Waals surface area contributed by atoms with Gasteiger partial charge in [0.25, 0.3) is 5.91 Å². The van der Waals surface area contributed by atoms with Crippen molar-refractivity contribution in [3.05, 3.63) is 82.2 Å². The van der Waals surface area contributed by atoms with Crippen LogP contribution in [0, 0.1) is 6.92 Å². The van der Waals surface area contributed by atoms with E-state index in [0.29, 0.717) is 24.3 Å². The number of anilines is 1. The normalized spacial score (nSPS) is 18.2. The van der Waals surface area contributed by atoms with Crippen molar-refractivity contribution >= 4 is 23.2 Å². The number of carbonyl (C=O) groups excluding carboxylic acids is 3. The van der Waals surface area contributed by atoms with Crippen LogP contribution in [0.1, 0.15) is 62.5 Å². The summed E-state index contributed by atoms with van der Waals surface area (Å²) in [5, 5.41) is 2.86. The Kier molecular flexibility index (Phi) is 6.77. The fraction of sp³-hybridized carbons (Fsp3) is 0.367. The highest BCUT2D eigenvalue weighted by Crippen LogP contribution is 2.50. The molecule has 5 rings (SSSR count). The number of allylic oxidation sites excluding steroid dienone is 4. The van der Waals surface area contributed by atoms with Gasteiger partial charge in [0.2, 0.25) is 0 Å². The predicted molar refractivity (Wildman–Crippen MR) is 139 cm³/mol. The zero-order valence-corrected chi connectivity index (χ0v) is 20.9. The first-order chi connectivity index (χ1) is 17.5. The maximum absolute atomic E-state index is 13.3. The highest BCUT2D eigenvalue weighted by atomic mass is 16.5. The second-order valence-corrected chi connectivity index (χ2v) is 9.69. The molecule has 36 heavy (non-hydrogen) atoms. The minimum Gasteiger partial charge on any atom is -0.483 e. The van der Waals surface area contributed by atoms with Crippen LogP contribution in [0.15, 0.2) is 71.1 Å². The van der Waals surface area contributed by atoms with E-state index in [1.807, 2.05) is 55.5 Å². The number of ether oxygens (including phenoxy) is 1. The molecule has 2 aromatic rings. The molecule has 0 fully saturated rings. The first kappa shape index (κ1) is 24.0. The Labute approximate surface area is 212 Å². The van der Waals surface area contributed by atoms with Crippen LogP contribution in [-0.4, -0.2) is 35.5 Å². The number of hydrogen-bond acceptors (Lipinski definition) is 5. The van der Waals surface area contributed by atoms with Gasteiger partial charge in [-0.1, -0.05) is 35.9 Å². The Hall–Kier alpha value is -3.67. The highest BCUT2D eigenvalue weighted by molar-refractivity contribution is 6.06. The number of benzene rings is 2. The molecule has 0 spiro atoms. The number of rotatable bonds is 6. The molecule has 186 valence electrons. The maximum Gasteiger partial charge on any atom is 0.262 e. The van der Waals surface area contributed by atoms with Gasteiger partial charge in [0.15, 0.2) is 18.2 Å². The van der Waals surface area contributed by atoms with E-state index in [4.69, 9.17) is 4.74 Å². The Morgan fingerprint density at radius 3 is 2.14 bits per heavy atom. The summed E-state index contributed by atoms with van der Waals surface area (Å²) >= 11 is 0. The zero-order valence-electron chi connectivity index (χ0n) is 20.9. The number of nitrogens with one attached hydrogen (secondary N) is 1. The molecule has 1 amide bonds. The van der Waals surface area contributed by atoms with Gasteiger partial charge in [0.05, 0.1) is 0 Å². The number of para-hydroxylation sites is 1. The van der Waals surface area contributed by atoms with Crippen molar-refractivity contribution in [2.24, 2.45) is 0 Å². The van der Waals surface area contributed by atoms with E-state index in [-0.39, 0.29) is 24.1 Å². The van der Waals surface area contributed by atoms with Crippen LogP contribution in [0.25, 0.3) is 0 Å². The standard InChI is InChI=1S/C30H32N2O4/c1-3-32-22-9-6-11-24(33)29(22)28(30-23(32)10-7-12-25(30)34)21-8-4-5-13-26(21)36-18-27(35)31-20-16-14-19(2)15-17-20/h4-5,8,13-17,28H,3,6-7,9-12,18H2,1-2H3,(H,31,35). The van der Waals surface area contributed by atoms with Gasteiger partial charge in [-0.3, -0.25) is 14.4 Å². The van der Waals surface area contributed by atoms with Crippen molar-refractivity contribution in [3.63, 3.8) is 0 Å². The minimum atomic E-state index is -0.449. The van der Waals surface area contributed by atoms with Gasteiger partial charge in [-0.05, 0) is 57.7 Å². The van der Waals surface area contributed by atoms with Crippen molar-refractivity contribution in [1.82, 2.24) is 4.90 Å². The molecule has 0 aromatic heterocycles. The molecule has 2 aliphatic carbocycles. The fourth-order valence-electron chi connectivity index (χ4n) is 5.74. The Balaban J connectivity index is 1.49. The number of amides is 1. The Bertz CT molecular complexity index is 1230. The molecule has 1 aliphatic heterocycles. The molecule has 0 radical (unpaired) electrons. The summed E-state index contributed by atoms with van der Waals surface area (Å²) in [6.45, 7) is 4.64. The number of ketones is 2. The van der Waals surface area contributed by atoms with Crippen LogP contribution < -0.4 is 10.1 Å². The van der Waals surface area contributed by atoms with Crippen LogP contribution in [0.4, 0.5) is 5.69 Å². The molecule has 0 bridgehead atoms. The second kappa shape index (κ2) is 10.1. The van der Waals surface area contributed by atoms with E-state index in [0.717, 1.165) is 65.9 Å². The lowest BCUT2D eigenvalue weighted by atomic mass is 9.70. The molecule has 6 heteroatoms. The van der Waals surface area contributed by atoms with Crippen LogP contribution in [0.3, 0.4) is 0 Å². The van der Waals surface area contributed by atoms with Crippen molar-refractivity contribution in [1.29, 1.82) is 0 Å². The monoisotopic (exact) mass is 484 g/mol. The third-order valence-corrected chi connectivity index (χ3v) is 7.33. The predicted octanol–water partition coefficient (Wildman–Crippen LogP) is 5.45. The summed E-state index contributed by atoms with van der Waals surface area (Å²) in [6, 6.07) is 15.1.